The van der Waals surface area contributed by atoms with Crippen LogP contribution < -0.4 is 15.4 Å². The zero-order chi connectivity index (χ0) is 29.9. The molecule has 3 fully saturated rings. The van der Waals surface area contributed by atoms with Gasteiger partial charge in [0.2, 0.25) is 5.91 Å². The van der Waals surface area contributed by atoms with Crippen molar-refractivity contribution >= 4 is 11.7 Å². The highest BCUT2D eigenvalue weighted by Crippen LogP contribution is 2.64. The second-order valence-electron chi connectivity index (χ2n) is 13.0. The summed E-state index contributed by atoms with van der Waals surface area (Å²) in [6.45, 7) is 5.33. The SMILES string of the molecule is C[C@]12CCC3C(CNC4=CC(=O)CC[C@@]43C)C1CCC2C(=O)NC(c1ccc(F)cc1)c1ccc(OC(F)(F)F)cc1. The molecule has 0 radical (unpaired) electrons. The Morgan fingerprint density at radius 1 is 0.976 bits per heavy atom. The molecule has 1 amide bonds. The predicted molar refractivity (Wildman–Crippen MR) is 148 cm³/mol. The monoisotopic (exact) mass is 584 g/mol. The first-order valence-electron chi connectivity index (χ1n) is 14.8. The van der Waals surface area contributed by atoms with E-state index < -0.39 is 18.2 Å². The number of halogens is 4. The first-order valence-corrected chi connectivity index (χ1v) is 14.8. The lowest BCUT2D eigenvalue weighted by atomic mass is 9.50. The van der Waals surface area contributed by atoms with E-state index in [0.29, 0.717) is 35.3 Å². The van der Waals surface area contributed by atoms with Gasteiger partial charge in [0.25, 0.3) is 0 Å². The predicted octanol–water partition coefficient (Wildman–Crippen LogP) is 6.84. The zero-order valence-corrected chi connectivity index (χ0v) is 23.8. The first kappa shape index (κ1) is 28.7. The van der Waals surface area contributed by atoms with E-state index >= 15 is 0 Å². The minimum atomic E-state index is -4.81. The molecule has 7 atom stereocenters. The topological polar surface area (TPSA) is 67.4 Å². The van der Waals surface area contributed by atoms with Crippen molar-refractivity contribution in [2.45, 2.75) is 64.8 Å². The molecule has 5 unspecified atom stereocenters. The molecule has 2 saturated carbocycles. The van der Waals surface area contributed by atoms with Gasteiger partial charge in [-0.1, -0.05) is 38.1 Å². The summed E-state index contributed by atoms with van der Waals surface area (Å²) in [6.07, 6.45) is 2.02. The second kappa shape index (κ2) is 10.4. The molecule has 1 aliphatic heterocycles. The van der Waals surface area contributed by atoms with E-state index in [-0.39, 0.29) is 34.2 Å². The van der Waals surface area contributed by atoms with Gasteiger partial charge in [0.15, 0.2) is 5.78 Å². The lowest BCUT2D eigenvalue weighted by molar-refractivity contribution is -0.274. The molecule has 0 bridgehead atoms. The minimum absolute atomic E-state index is 0.0474. The summed E-state index contributed by atoms with van der Waals surface area (Å²) in [7, 11) is 0. The van der Waals surface area contributed by atoms with Crippen molar-refractivity contribution in [2.75, 3.05) is 6.54 Å². The molecule has 5 nitrogen and oxygen atoms in total. The number of ether oxygens (including phenoxy) is 1. The van der Waals surface area contributed by atoms with Gasteiger partial charge in [0.05, 0.1) is 6.04 Å². The fraction of sp³-hybridized carbons (Fsp3) is 0.515. The van der Waals surface area contributed by atoms with Crippen LogP contribution in [0.25, 0.3) is 0 Å². The van der Waals surface area contributed by atoms with E-state index in [1.165, 1.54) is 36.4 Å². The van der Waals surface area contributed by atoms with Gasteiger partial charge in [-0.3, -0.25) is 9.59 Å². The van der Waals surface area contributed by atoms with Gasteiger partial charge in [-0.05, 0) is 90.7 Å². The number of hydrogen-bond donors (Lipinski definition) is 2. The Hall–Kier alpha value is -3.36. The molecule has 1 saturated heterocycles. The quantitative estimate of drug-likeness (QED) is 0.378. The Bertz CT molecular complexity index is 1390. The molecule has 4 aliphatic rings. The average molecular weight is 585 g/mol. The zero-order valence-electron chi connectivity index (χ0n) is 23.8. The molecule has 0 aromatic heterocycles. The van der Waals surface area contributed by atoms with Crippen LogP contribution in [0.4, 0.5) is 17.6 Å². The van der Waals surface area contributed by atoms with Crippen LogP contribution in [0.5, 0.6) is 5.75 Å². The highest BCUT2D eigenvalue weighted by Gasteiger charge is 2.60. The highest BCUT2D eigenvalue weighted by atomic mass is 19.4. The fourth-order valence-electron chi connectivity index (χ4n) is 8.69. The fourth-order valence-corrected chi connectivity index (χ4v) is 8.69. The van der Waals surface area contributed by atoms with Crippen LogP contribution in [-0.4, -0.2) is 24.6 Å². The standard InChI is InChI=1S/C33H36F4N2O3/c1-31-16-14-26-24(18-38-28-17-22(40)13-15-32(26,28)2)25(31)11-12-27(31)30(41)39-29(19-3-7-21(34)8-4-19)20-5-9-23(10-6-20)42-33(35,36)37/h3-10,17,24-27,29,38H,11-16,18H2,1-2H3,(H,39,41)/t24?,25?,26?,27?,29?,31-,32+/m0/s1. The number of benzene rings is 2. The summed E-state index contributed by atoms with van der Waals surface area (Å²) in [6, 6.07) is 10.5. The number of fused-ring (bicyclic) bond motifs is 5. The Balaban J connectivity index is 1.23. The highest BCUT2D eigenvalue weighted by molar-refractivity contribution is 5.91. The van der Waals surface area contributed by atoms with E-state index in [2.05, 4.69) is 29.2 Å². The van der Waals surface area contributed by atoms with Crippen molar-refractivity contribution in [1.82, 2.24) is 10.6 Å². The van der Waals surface area contributed by atoms with Crippen molar-refractivity contribution in [3.63, 3.8) is 0 Å². The lowest BCUT2D eigenvalue weighted by Crippen LogP contribution is -2.57. The van der Waals surface area contributed by atoms with Gasteiger partial charge in [0, 0.05) is 36.1 Å². The third-order valence-corrected chi connectivity index (χ3v) is 10.8. The Morgan fingerprint density at radius 2 is 1.64 bits per heavy atom. The molecule has 2 aromatic carbocycles. The Morgan fingerprint density at radius 3 is 2.31 bits per heavy atom. The number of rotatable bonds is 5. The van der Waals surface area contributed by atoms with E-state index in [9.17, 15) is 27.2 Å². The number of carbonyl (C=O) groups excluding carboxylic acids is 2. The van der Waals surface area contributed by atoms with Gasteiger partial charge in [0.1, 0.15) is 11.6 Å². The molecule has 2 aromatic rings. The van der Waals surface area contributed by atoms with Crippen molar-refractivity contribution in [3.8, 4) is 5.75 Å². The van der Waals surface area contributed by atoms with E-state index in [4.69, 9.17) is 0 Å². The maximum absolute atomic E-state index is 14.1. The molecule has 9 heteroatoms. The van der Waals surface area contributed by atoms with Gasteiger partial charge in [-0.15, -0.1) is 13.2 Å². The first-order chi connectivity index (χ1) is 19.9. The van der Waals surface area contributed by atoms with Gasteiger partial charge < -0.3 is 15.4 Å². The van der Waals surface area contributed by atoms with Gasteiger partial charge in [-0.2, -0.15) is 0 Å². The molecule has 42 heavy (non-hydrogen) atoms. The summed E-state index contributed by atoms with van der Waals surface area (Å²) >= 11 is 0. The maximum atomic E-state index is 14.1. The summed E-state index contributed by atoms with van der Waals surface area (Å²) in [5.41, 5.74) is 2.03. The van der Waals surface area contributed by atoms with Crippen molar-refractivity contribution < 1.29 is 31.9 Å². The average Bonchev–Trinajstić information content (AvgIpc) is 3.30. The van der Waals surface area contributed by atoms with E-state index in [0.717, 1.165) is 44.3 Å². The van der Waals surface area contributed by atoms with Crippen molar-refractivity contribution in [2.24, 2.45) is 34.5 Å². The van der Waals surface area contributed by atoms with Gasteiger partial charge in [-0.25, -0.2) is 4.39 Å². The molecule has 2 N–H and O–H groups in total. The third-order valence-electron chi connectivity index (χ3n) is 10.8. The number of ketones is 1. The van der Waals surface area contributed by atoms with Crippen LogP contribution in [0, 0.1) is 40.3 Å². The molecule has 1 heterocycles. The number of alkyl halides is 3. The molecular weight excluding hydrogens is 548 g/mol. The van der Waals surface area contributed by atoms with Gasteiger partial charge >= 0.3 is 6.36 Å². The lowest BCUT2D eigenvalue weighted by Gasteiger charge is -2.58. The number of nitrogens with one attached hydrogen (secondary N) is 2. The van der Waals surface area contributed by atoms with Crippen LogP contribution in [0.1, 0.15) is 69.5 Å². The molecule has 224 valence electrons. The van der Waals surface area contributed by atoms with Crippen molar-refractivity contribution in [3.05, 3.63) is 77.2 Å². The number of amides is 1. The number of piperidine rings is 1. The normalized spacial score (nSPS) is 32.9. The second-order valence-corrected chi connectivity index (χ2v) is 13.0. The molecule has 3 aliphatic carbocycles. The van der Waals surface area contributed by atoms with Crippen LogP contribution in [0.3, 0.4) is 0 Å². The number of hydrogen-bond acceptors (Lipinski definition) is 4. The largest absolute Gasteiger partial charge is 0.573 e. The van der Waals surface area contributed by atoms with E-state index in [1.807, 2.05) is 0 Å². The van der Waals surface area contributed by atoms with Crippen LogP contribution in [0.15, 0.2) is 60.3 Å². The molecular formula is C33H36F4N2O3. The van der Waals surface area contributed by atoms with E-state index in [1.54, 1.807) is 18.2 Å². The summed E-state index contributed by atoms with van der Waals surface area (Å²) in [4.78, 5) is 26.2. The van der Waals surface area contributed by atoms with Crippen LogP contribution >= 0.6 is 0 Å². The summed E-state index contributed by atoms with van der Waals surface area (Å²) in [5.74, 6) is 0.320. The molecule has 6 rings (SSSR count). The van der Waals surface area contributed by atoms with Crippen molar-refractivity contribution in [1.29, 1.82) is 0 Å². The Labute approximate surface area is 243 Å². The smallest absolute Gasteiger partial charge is 0.406 e. The Kier molecular flexibility index (Phi) is 7.13. The third kappa shape index (κ3) is 5.09. The summed E-state index contributed by atoms with van der Waals surface area (Å²) in [5, 5.41) is 6.77. The van der Waals surface area contributed by atoms with Crippen LogP contribution in [-0.2, 0) is 9.59 Å². The minimum Gasteiger partial charge on any atom is -0.406 e. The number of allylic oxidation sites excluding steroid dienone is 2. The maximum Gasteiger partial charge on any atom is 0.573 e. The summed E-state index contributed by atoms with van der Waals surface area (Å²) < 4.78 is 55.9. The number of carbonyl (C=O) groups is 2. The van der Waals surface area contributed by atoms with Crippen LogP contribution in [0.2, 0.25) is 0 Å². The molecule has 0 spiro atoms.